The van der Waals surface area contributed by atoms with Gasteiger partial charge in [-0.2, -0.15) is 0 Å². The molecule has 11 nitrogen and oxygen atoms in total. The van der Waals surface area contributed by atoms with Crippen LogP contribution in [0.25, 0.3) is 22.1 Å². The van der Waals surface area contributed by atoms with Crippen LogP contribution in [0.1, 0.15) is 18.9 Å². The topological polar surface area (TPSA) is 114 Å². The molecule has 0 unspecified atom stereocenters. The number of nitrogens with one attached hydrogen (secondary N) is 1. The first-order chi connectivity index (χ1) is 19.9. The van der Waals surface area contributed by atoms with Crippen molar-refractivity contribution in [2.24, 2.45) is 7.05 Å². The lowest BCUT2D eigenvalue weighted by Gasteiger charge is -2.28. The predicted molar refractivity (Wildman–Crippen MR) is 159 cm³/mol. The molecule has 1 atom stereocenters. The molecule has 4 heterocycles. The van der Waals surface area contributed by atoms with Crippen molar-refractivity contribution in [3.05, 3.63) is 73.1 Å². The van der Waals surface area contributed by atoms with E-state index in [0.29, 0.717) is 30.2 Å². The van der Waals surface area contributed by atoms with Gasteiger partial charge in [-0.25, -0.2) is 19.6 Å². The third-order valence-corrected chi connectivity index (χ3v) is 7.34. The van der Waals surface area contributed by atoms with Crippen molar-refractivity contribution in [1.82, 2.24) is 34.8 Å². The summed E-state index contributed by atoms with van der Waals surface area (Å²) in [5, 5.41) is 11.6. The average Bonchev–Trinajstić information content (AvgIpc) is 3.23. The van der Waals surface area contributed by atoms with Gasteiger partial charge < -0.3 is 19.9 Å². The lowest BCUT2D eigenvalue weighted by molar-refractivity contribution is -0.127. The van der Waals surface area contributed by atoms with Crippen molar-refractivity contribution in [3.63, 3.8) is 0 Å². The Labute approximate surface area is 237 Å². The van der Waals surface area contributed by atoms with Crippen LogP contribution in [0.2, 0.25) is 0 Å². The molecule has 1 aliphatic heterocycles. The van der Waals surface area contributed by atoms with E-state index in [2.05, 4.69) is 44.0 Å². The molecule has 1 amide bonds. The lowest BCUT2D eigenvalue weighted by atomic mass is 10.2. The smallest absolute Gasteiger partial charge is 0.246 e. The highest BCUT2D eigenvalue weighted by atomic mass is 16.5. The van der Waals surface area contributed by atoms with E-state index in [0.717, 1.165) is 52.3 Å². The van der Waals surface area contributed by atoms with Gasteiger partial charge in [-0.1, -0.05) is 11.8 Å². The van der Waals surface area contributed by atoms with Gasteiger partial charge in [0.2, 0.25) is 5.91 Å². The van der Waals surface area contributed by atoms with Crippen LogP contribution in [0.5, 0.6) is 11.5 Å². The fourth-order valence-electron chi connectivity index (χ4n) is 5.20. The van der Waals surface area contributed by atoms with Crippen molar-refractivity contribution in [3.8, 4) is 11.5 Å². The number of anilines is 3. The number of ether oxygens (including phenoxy) is 1. The molecule has 0 spiro atoms. The lowest BCUT2D eigenvalue weighted by Crippen LogP contribution is -2.42. The van der Waals surface area contributed by atoms with Crippen molar-refractivity contribution in [1.29, 1.82) is 0 Å². The summed E-state index contributed by atoms with van der Waals surface area (Å²) in [6.07, 6.45) is 3.76. The molecule has 1 aliphatic rings. The third kappa shape index (κ3) is 5.25. The molecule has 41 heavy (non-hydrogen) atoms. The molecule has 6 rings (SSSR count). The molecule has 3 aromatic heterocycles. The first kappa shape index (κ1) is 26.2. The minimum absolute atomic E-state index is 0.0380. The summed E-state index contributed by atoms with van der Waals surface area (Å²) in [4.78, 5) is 30.3. The van der Waals surface area contributed by atoms with E-state index in [-0.39, 0.29) is 11.9 Å². The number of nitrogens with zero attached hydrogens (tertiary/aromatic N) is 8. The molecular formula is C30H31N9O2. The van der Waals surface area contributed by atoms with E-state index in [1.54, 1.807) is 4.68 Å². The minimum Gasteiger partial charge on any atom is -0.457 e. The third-order valence-electron chi connectivity index (χ3n) is 7.34. The highest BCUT2D eigenvalue weighted by Crippen LogP contribution is 2.31. The van der Waals surface area contributed by atoms with Crippen LogP contribution in [0.3, 0.4) is 0 Å². The van der Waals surface area contributed by atoms with Crippen LogP contribution in [0.4, 0.5) is 17.3 Å². The molecule has 0 bridgehead atoms. The van der Waals surface area contributed by atoms with Gasteiger partial charge in [-0.05, 0) is 74.4 Å². The largest absolute Gasteiger partial charge is 0.457 e. The molecule has 1 saturated heterocycles. The number of benzene rings is 2. The standard InChI is InChI=1S/C30H31N9O2/c1-5-28(40)39-14-6-13-38(17-20(39)3)27-12-9-23-29(34-27)30(32-18-31-23)33-21-7-11-26(19(2)15-21)41-22-8-10-25-24(16-22)35-36-37(25)4/h5,7-12,15-16,18,20H,1,6,13-14,17H2,2-4H3,(H,31,32,33)/t20-/m0/s1. The number of hydrogen-bond acceptors (Lipinski definition) is 9. The van der Waals surface area contributed by atoms with Gasteiger partial charge in [0.15, 0.2) is 5.82 Å². The van der Waals surface area contributed by atoms with E-state index in [1.165, 1.54) is 12.4 Å². The second-order valence-corrected chi connectivity index (χ2v) is 10.2. The number of fused-ring (bicyclic) bond motifs is 2. The molecule has 0 aliphatic carbocycles. The quantitative estimate of drug-likeness (QED) is 0.299. The monoisotopic (exact) mass is 549 g/mol. The van der Waals surface area contributed by atoms with Gasteiger partial charge in [0.1, 0.15) is 34.7 Å². The molecule has 208 valence electrons. The van der Waals surface area contributed by atoms with Crippen LogP contribution in [0.15, 0.2) is 67.5 Å². The maximum atomic E-state index is 12.3. The van der Waals surface area contributed by atoms with E-state index >= 15 is 0 Å². The molecule has 11 heteroatoms. The van der Waals surface area contributed by atoms with Crippen LogP contribution < -0.4 is 15.0 Å². The molecule has 5 aromatic rings. The summed E-state index contributed by atoms with van der Waals surface area (Å²) in [5.74, 6) is 2.84. The number of amides is 1. The number of pyridine rings is 1. The minimum atomic E-state index is -0.0380. The number of carbonyl (C=O) groups is 1. The molecule has 2 aromatic carbocycles. The van der Waals surface area contributed by atoms with E-state index < -0.39 is 0 Å². The first-order valence-electron chi connectivity index (χ1n) is 13.5. The summed E-state index contributed by atoms with van der Waals surface area (Å²) in [7, 11) is 1.86. The Kier molecular flexibility index (Phi) is 6.92. The Morgan fingerprint density at radius 2 is 1.98 bits per heavy atom. The zero-order valence-corrected chi connectivity index (χ0v) is 23.3. The number of hydrogen-bond donors (Lipinski definition) is 1. The summed E-state index contributed by atoms with van der Waals surface area (Å²) in [6.45, 7) is 9.87. The van der Waals surface area contributed by atoms with Crippen LogP contribution in [0, 0.1) is 6.92 Å². The van der Waals surface area contributed by atoms with Gasteiger partial charge in [-0.15, -0.1) is 5.10 Å². The fraction of sp³-hybridized carbons (Fsp3) is 0.267. The highest BCUT2D eigenvalue weighted by Gasteiger charge is 2.25. The molecule has 0 saturated carbocycles. The highest BCUT2D eigenvalue weighted by molar-refractivity contribution is 5.89. The normalized spacial score (nSPS) is 15.6. The average molecular weight is 550 g/mol. The molecular weight excluding hydrogens is 518 g/mol. The maximum absolute atomic E-state index is 12.3. The van der Waals surface area contributed by atoms with Gasteiger partial charge >= 0.3 is 0 Å². The second-order valence-electron chi connectivity index (χ2n) is 10.2. The summed E-state index contributed by atoms with van der Waals surface area (Å²) >= 11 is 0. The second kappa shape index (κ2) is 10.8. The Balaban J connectivity index is 1.22. The molecule has 1 fully saturated rings. The van der Waals surface area contributed by atoms with Gasteiger partial charge in [0.25, 0.3) is 0 Å². The van der Waals surface area contributed by atoms with Crippen LogP contribution in [-0.4, -0.2) is 66.4 Å². The summed E-state index contributed by atoms with van der Waals surface area (Å²) < 4.78 is 7.88. The maximum Gasteiger partial charge on any atom is 0.246 e. The number of aryl methyl sites for hydroxylation is 2. The van der Waals surface area contributed by atoms with Crippen molar-refractivity contribution < 1.29 is 9.53 Å². The van der Waals surface area contributed by atoms with Crippen molar-refractivity contribution in [2.45, 2.75) is 26.3 Å². The molecule has 0 radical (unpaired) electrons. The number of rotatable bonds is 6. The van der Waals surface area contributed by atoms with Crippen LogP contribution in [-0.2, 0) is 11.8 Å². The molecule has 1 N–H and O–H groups in total. The fourth-order valence-corrected chi connectivity index (χ4v) is 5.20. The van der Waals surface area contributed by atoms with E-state index in [4.69, 9.17) is 9.72 Å². The van der Waals surface area contributed by atoms with Crippen molar-refractivity contribution >= 4 is 45.3 Å². The summed E-state index contributed by atoms with van der Waals surface area (Å²) in [5.41, 5.74) is 4.95. The predicted octanol–water partition coefficient (Wildman–Crippen LogP) is 4.76. The van der Waals surface area contributed by atoms with Crippen LogP contribution >= 0.6 is 0 Å². The van der Waals surface area contributed by atoms with E-state index in [1.807, 2.05) is 67.4 Å². The Bertz CT molecular complexity index is 1770. The van der Waals surface area contributed by atoms with Gasteiger partial charge in [0, 0.05) is 44.5 Å². The Morgan fingerprint density at radius 1 is 1.10 bits per heavy atom. The van der Waals surface area contributed by atoms with Gasteiger partial charge in [-0.3, -0.25) is 4.79 Å². The number of carbonyl (C=O) groups excluding carboxylic acids is 1. The SMILES string of the molecule is C=CC(=O)N1CCCN(c2ccc3ncnc(Nc4ccc(Oc5ccc6c(c5)nnn6C)c(C)c4)c3n2)C[C@@H]1C. The first-order valence-corrected chi connectivity index (χ1v) is 13.5. The zero-order valence-electron chi connectivity index (χ0n) is 23.3. The zero-order chi connectivity index (χ0) is 28.5. The van der Waals surface area contributed by atoms with E-state index in [9.17, 15) is 4.79 Å². The van der Waals surface area contributed by atoms with Gasteiger partial charge in [0.05, 0.1) is 11.0 Å². The van der Waals surface area contributed by atoms with Crippen molar-refractivity contribution in [2.75, 3.05) is 29.9 Å². The summed E-state index contributed by atoms with van der Waals surface area (Å²) in [6, 6.07) is 15.6. The Morgan fingerprint density at radius 3 is 2.80 bits per heavy atom. The Hall–Kier alpha value is -5.06. The number of aromatic nitrogens is 6.